The van der Waals surface area contributed by atoms with Gasteiger partial charge in [-0.05, 0) is 61.8 Å². The molecule has 2 heterocycles. The van der Waals surface area contributed by atoms with Gasteiger partial charge in [0, 0.05) is 44.3 Å². The molecule has 2 fully saturated rings. The van der Waals surface area contributed by atoms with E-state index in [-0.39, 0.29) is 12.6 Å². The normalized spacial score (nSPS) is 19.7. The van der Waals surface area contributed by atoms with Gasteiger partial charge in [0.2, 0.25) is 0 Å². The number of alkyl halides is 6. The third kappa shape index (κ3) is 8.03. The number of ether oxygens (including phenoxy) is 1. The van der Waals surface area contributed by atoms with E-state index in [9.17, 15) is 31.1 Å². The van der Waals surface area contributed by atoms with Crippen LogP contribution in [0.2, 0.25) is 10.0 Å². The van der Waals surface area contributed by atoms with Crippen LogP contribution in [0.25, 0.3) is 0 Å². The van der Waals surface area contributed by atoms with Gasteiger partial charge in [0.1, 0.15) is 0 Å². The standard InChI is InChI=1S/C27H29Cl2F6N3O2/c28-23-3-2-18(13-24(23)29)12-22-17-37(5-1-4-36-8-10-40-11-9-36)6-7-38(22)25(39)19-14-20(26(30,31)32)16-21(15-19)27(33,34)35/h2-3,13-16,22H,1,4-12,17H2/t22-/m1/s1. The highest BCUT2D eigenvalue weighted by Crippen LogP contribution is 2.37. The number of rotatable bonds is 7. The number of hydrogen-bond acceptors (Lipinski definition) is 4. The summed E-state index contributed by atoms with van der Waals surface area (Å²) in [5.41, 5.74) is -2.95. The Morgan fingerprint density at radius 3 is 2.05 bits per heavy atom. The topological polar surface area (TPSA) is 36.0 Å². The van der Waals surface area contributed by atoms with Crippen LogP contribution in [0.15, 0.2) is 36.4 Å². The number of piperazine rings is 1. The molecule has 2 aromatic carbocycles. The zero-order valence-electron chi connectivity index (χ0n) is 21.5. The first-order chi connectivity index (χ1) is 18.8. The van der Waals surface area contributed by atoms with E-state index >= 15 is 0 Å². The van der Waals surface area contributed by atoms with Crippen LogP contribution in [0, 0.1) is 0 Å². The van der Waals surface area contributed by atoms with Crippen molar-refractivity contribution in [2.45, 2.75) is 31.2 Å². The molecule has 0 aliphatic carbocycles. The molecule has 5 nitrogen and oxygen atoms in total. The molecule has 1 amide bonds. The zero-order chi connectivity index (χ0) is 29.1. The largest absolute Gasteiger partial charge is 0.416 e. The van der Waals surface area contributed by atoms with Crippen molar-refractivity contribution in [1.82, 2.24) is 14.7 Å². The van der Waals surface area contributed by atoms with Gasteiger partial charge < -0.3 is 9.64 Å². The minimum atomic E-state index is -5.05. The van der Waals surface area contributed by atoms with E-state index in [4.69, 9.17) is 27.9 Å². The molecule has 0 unspecified atom stereocenters. The SMILES string of the molecule is O=C(c1cc(C(F)(F)F)cc(C(F)(F)F)c1)N1CCN(CCCN2CCOCC2)C[C@H]1Cc1ccc(Cl)c(Cl)c1. The van der Waals surface area contributed by atoms with E-state index in [0.29, 0.717) is 54.9 Å². The summed E-state index contributed by atoms with van der Waals surface area (Å²) in [7, 11) is 0. The van der Waals surface area contributed by atoms with Gasteiger partial charge in [-0.2, -0.15) is 26.3 Å². The van der Waals surface area contributed by atoms with Gasteiger partial charge in [-0.1, -0.05) is 29.3 Å². The van der Waals surface area contributed by atoms with Crippen LogP contribution in [0.1, 0.15) is 33.5 Å². The molecule has 0 bridgehead atoms. The molecule has 0 aromatic heterocycles. The number of morpholine rings is 1. The Kier molecular flexibility index (Phi) is 9.93. The molecular formula is C27H29Cl2F6N3O2. The van der Waals surface area contributed by atoms with E-state index < -0.39 is 41.0 Å². The van der Waals surface area contributed by atoms with Crippen molar-refractivity contribution in [2.24, 2.45) is 0 Å². The van der Waals surface area contributed by atoms with Gasteiger partial charge in [0.15, 0.2) is 0 Å². The maximum atomic E-state index is 13.5. The van der Waals surface area contributed by atoms with Crippen molar-refractivity contribution >= 4 is 29.1 Å². The quantitative estimate of drug-likeness (QED) is 0.353. The van der Waals surface area contributed by atoms with E-state index in [1.165, 1.54) is 4.90 Å². The highest BCUT2D eigenvalue weighted by Gasteiger charge is 2.39. The predicted molar refractivity (Wildman–Crippen MR) is 140 cm³/mol. The first-order valence-electron chi connectivity index (χ1n) is 12.9. The minimum Gasteiger partial charge on any atom is -0.379 e. The molecule has 1 atom stereocenters. The lowest BCUT2D eigenvalue weighted by molar-refractivity contribution is -0.143. The second-order valence-corrected chi connectivity index (χ2v) is 10.8. The van der Waals surface area contributed by atoms with Crippen LogP contribution < -0.4 is 0 Å². The van der Waals surface area contributed by atoms with Crippen LogP contribution in [-0.4, -0.2) is 85.7 Å². The predicted octanol–water partition coefficient (Wildman–Crippen LogP) is 6.12. The molecule has 2 aliphatic heterocycles. The third-order valence-corrected chi connectivity index (χ3v) is 7.91. The van der Waals surface area contributed by atoms with Gasteiger partial charge >= 0.3 is 12.4 Å². The second kappa shape index (κ2) is 12.9. The Balaban J connectivity index is 1.56. The molecule has 40 heavy (non-hydrogen) atoms. The van der Waals surface area contributed by atoms with Gasteiger partial charge in [-0.15, -0.1) is 0 Å². The molecule has 2 aromatic rings. The summed E-state index contributed by atoms with van der Waals surface area (Å²) in [6.07, 6.45) is -8.92. The Hall–Kier alpha value is -2.05. The Bertz CT molecular complexity index is 1160. The lowest BCUT2D eigenvalue weighted by Crippen LogP contribution is -2.56. The molecular weight excluding hydrogens is 583 g/mol. The fourth-order valence-electron chi connectivity index (χ4n) is 5.09. The fourth-order valence-corrected chi connectivity index (χ4v) is 5.41. The second-order valence-electron chi connectivity index (χ2n) is 10.0. The summed E-state index contributed by atoms with van der Waals surface area (Å²) in [5, 5.41) is 0.651. The fraction of sp³-hybridized carbons (Fsp3) is 0.519. The Morgan fingerprint density at radius 2 is 1.45 bits per heavy atom. The van der Waals surface area contributed by atoms with Crippen molar-refractivity contribution in [1.29, 1.82) is 0 Å². The van der Waals surface area contributed by atoms with Gasteiger partial charge in [0.25, 0.3) is 5.91 Å². The van der Waals surface area contributed by atoms with E-state index in [1.54, 1.807) is 18.2 Å². The summed E-state index contributed by atoms with van der Waals surface area (Å²) < 4.78 is 86.1. The highest BCUT2D eigenvalue weighted by molar-refractivity contribution is 6.42. The maximum absolute atomic E-state index is 13.5. The Labute approximate surface area is 238 Å². The van der Waals surface area contributed by atoms with Gasteiger partial charge in [0.05, 0.1) is 34.4 Å². The smallest absolute Gasteiger partial charge is 0.379 e. The molecule has 0 saturated carbocycles. The number of nitrogens with zero attached hydrogens (tertiary/aromatic N) is 3. The number of carbonyl (C=O) groups is 1. The summed E-state index contributed by atoms with van der Waals surface area (Å²) in [5.74, 6) is -0.880. The van der Waals surface area contributed by atoms with Crippen molar-refractivity contribution in [3.8, 4) is 0 Å². The minimum absolute atomic E-state index is 0.0242. The molecule has 2 saturated heterocycles. The van der Waals surface area contributed by atoms with Crippen LogP contribution in [-0.2, 0) is 23.5 Å². The van der Waals surface area contributed by atoms with Crippen LogP contribution in [0.3, 0.4) is 0 Å². The van der Waals surface area contributed by atoms with Gasteiger partial charge in [-0.3, -0.25) is 14.6 Å². The van der Waals surface area contributed by atoms with E-state index in [0.717, 1.165) is 38.2 Å². The summed E-state index contributed by atoms with van der Waals surface area (Å²) in [6.45, 7) is 5.72. The number of amides is 1. The highest BCUT2D eigenvalue weighted by atomic mass is 35.5. The third-order valence-electron chi connectivity index (χ3n) is 7.17. The molecule has 220 valence electrons. The average Bonchev–Trinajstić information content (AvgIpc) is 2.90. The number of carbonyl (C=O) groups excluding carboxylic acids is 1. The lowest BCUT2D eigenvalue weighted by Gasteiger charge is -2.42. The molecule has 2 aliphatic rings. The molecule has 4 rings (SSSR count). The Morgan fingerprint density at radius 1 is 0.825 bits per heavy atom. The molecule has 0 N–H and O–H groups in total. The first-order valence-corrected chi connectivity index (χ1v) is 13.6. The van der Waals surface area contributed by atoms with Crippen molar-refractivity contribution in [3.63, 3.8) is 0 Å². The number of hydrogen-bond donors (Lipinski definition) is 0. The zero-order valence-corrected chi connectivity index (χ0v) is 23.0. The summed E-state index contributed by atoms with van der Waals surface area (Å²) in [6, 6.07) is 5.49. The van der Waals surface area contributed by atoms with E-state index in [2.05, 4.69) is 9.80 Å². The summed E-state index contributed by atoms with van der Waals surface area (Å²) in [4.78, 5) is 19.4. The van der Waals surface area contributed by atoms with Crippen molar-refractivity contribution < 1.29 is 35.9 Å². The van der Waals surface area contributed by atoms with Crippen molar-refractivity contribution in [3.05, 3.63) is 68.7 Å². The maximum Gasteiger partial charge on any atom is 0.416 e. The summed E-state index contributed by atoms with van der Waals surface area (Å²) >= 11 is 12.2. The number of halogens is 8. The van der Waals surface area contributed by atoms with E-state index in [1.807, 2.05) is 0 Å². The van der Waals surface area contributed by atoms with Gasteiger partial charge in [-0.25, -0.2) is 0 Å². The molecule has 13 heteroatoms. The van der Waals surface area contributed by atoms with Crippen LogP contribution in [0.5, 0.6) is 0 Å². The van der Waals surface area contributed by atoms with Crippen LogP contribution >= 0.6 is 23.2 Å². The first kappa shape index (κ1) is 30.9. The average molecular weight is 612 g/mol. The monoisotopic (exact) mass is 611 g/mol. The number of benzene rings is 2. The molecule has 0 radical (unpaired) electrons. The van der Waals surface area contributed by atoms with Crippen LogP contribution in [0.4, 0.5) is 26.3 Å². The van der Waals surface area contributed by atoms with Crippen molar-refractivity contribution in [2.75, 3.05) is 59.0 Å². The molecule has 0 spiro atoms. The lowest BCUT2D eigenvalue weighted by atomic mass is 9.99.